The van der Waals surface area contributed by atoms with Crippen LogP contribution in [0.15, 0.2) is 23.1 Å². The van der Waals surface area contributed by atoms with Gasteiger partial charge in [0.2, 0.25) is 0 Å². The molecule has 3 heteroatoms. The van der Waals surface area contributed by atoms with Crippen molar-refractivity contribution in [2.45, 2.75) is 19.8 Å². The molecule has 0 unspecified atom stereocenters. The quantitative estimate of drug-likeness (QED) is 0.742. The minimum absolute atomic E-state index is 0.0145. The molecule has 2 aromatic heterocycles. The fourth-order valence-corrected chi connectivity index (χ4v) is 2.35. The standard InChI is InChI=1S/C10H11NOS/c1-6(2)9-5-7-8(13-9)3-4-11-10(7)12/h3-6H,1-2H3,(H,11,12). The molecule has 2 rings (SSSR count). The van der Waals surface area contributed by atoms with Gasteiger partial charge in [-0.3, -0.25) is 4.79 Å². The Hall–Kier alpha value is -1.09. The van der Waals surface area contributed by atoms with Gasteiger partial charge in [-0.15, -0.1) is 11.3 Å². The molecule has 0 saturated carbocycles. The predicted octanol–water partition coefficient (Wildman–Crippen LogP) is 2.71. The first-order valence-electron chi connectivity index (χ1n) is 4.29. The molecule has 0 aliphatic carbocycles. The summed E-state index contributed by atoms with van der Waals surface area (Å²) in [4.78, 5) is 15.3. The second-order valence-corrected chi connectivity index (χ2v) is 4.50. The Morgan fingerprint density at radius 2 is 2.23 bits per heavy atom. The average Bonchev–Trinajstić information content (AvgIpc) is 2.49. The molecule has 0 aromatic carbocycles. The first-order valence-corrected chi connectivity index (χ1v) is 5.11. The van der Waals surface area contributed by atoms with Crippen molar-refractivity contribution in [2.24, 2.45) is 0 Å². The molecule has 0 atom stereocenters. The largest absolute Gasteiger partial charge is 0.329 e. The number of thiophene rings is 1. The predicted molar refractivity (Wildman–Crippen MR) is 56.5 cm³/mol. The van der Waals surface area contributed by atoms with E-state index in [4.69, 9.17) is 0 Å². The summed E-state index contributed by atoms with van der Waals surface area (Å²) in [6, 6.07) is 3.94. The number of aromatic nitrogens is 1. The van der Waals surface area contributed by atoms with Crippen LogP contribution in [0.4, 0.5) is 0 Å². The van der Waals surface area contributed by atoms with Crippen LogP contribution in [0.2, 0.25) is 0 Å². The summed E-state index contributed by atoms with van der Waals surface area (Å²) in [6.45, 7) is 4.28. The Labute approximate surface area is 80.2 Å². The van der Waals surface area contributed by atoms with Crippen LogP contribution in [0, 0.1) is 0 Å². The number of hydrogen-bond donors (Lipinski definition) is 1. The lowest BCUT2D eigenvalue weighted by Gasteiger charge is -1.95. The Morgan fingerprint density at radius 1 is 1.46 bits per heavy atom. The lowest BCUT2D eigenvalue weighted by atomic mass is 10.2. The highest BCUT2D eigenvalue weighted by atomic mass is 32.1. The second kappa shape index (κ2) is 3.00. The smallest absolute Gasteiger partial charge is 0.256 e. The first-order chi connectivity index (χ1) is 6.18. The van der Waals surface area contributed by atoms with Gasteiger partial charge in [0, 0.05) is 15.8 Å². The summed E-state index contributed by atoms with van der Waals surface area (Å²) < 4.78 is 1.08. The van der Waals surface area contributed by atoms with Crippen molar-refractivity contribution in [2.75, 3.05) is 0 Å². The number of H-pyrrole nitrogens is 1. The topological polar surface area (TPSA) is 32.9 Å². The van der Waals surface area contributed by atoms with Gasteiger partial charge in [-0.25, -0.2) is 0 Å². The van der Waals surface area contributed by atoms with E-state index < -0.39 is 0 Å². The van der Waals surface area contributed by atoms with Crippen molar-refractivity contribution < 1.29 is 0 Å². The first kappa shape index (κ1) is 8.51. The summed E-state index contributed by atoms with van der Waals surface area (Å²) in [6.07, 6.45) is 1.70. The highest BCUT2D eigenvalue weighted by molar-refractivity contribution is 7.19. The van der Waals surface area contributed by atoms with E-state index in [0.29, 0.717) is 5.92 Å². The lowest BCUT2D eigenvalue weighted by Crippen LogP contribution is -2.01. The normalized spacial score (nSPS) is 11.3. The fourth-order valence-electron chi connectivity index (χ4n) is 1.28. The highest BCUT2D eigenvalue weighted by Gasteiger charge is 2.06. The van der Waals surface area contributed by atoms with Gasteiger partial charge in [0.15, 0.2) is 0 Å². The molecular weight excluding hydrogens is 182 g/mol. The minimum Gasteiger partial charge on any atom is -0.329 e. The zero-order chi connectivity index (χ0) is 9.42. The molecular formula is C10H11NOS. The van der Waals surface area contributed by atoms with Crippen LogP contribution in [0.5, 0.6) is 0 Å². The van der Waals surface area contributed by atoms with Crippen LogP contribution in [0.25, 0.3) is 10.1 Å². The van der Waals surface area contributed by atoms with Crippen molar-refractivity contribution in [3.63, 3.8) is 0 Å². The molecule has 0 radical (unpaired) electrons. The molecule has 2 aromatic rings. The van der Waals surface area contributed by atoms with Crippen LogP contribution < -0.4 is 5.56 Å². The number of rotatable bonds is 1. The SMILES string of the molecule is CC(C)c1cc2c(=O)[nH]ccc2s1. The van der Waals surface area contributed by atoms with Crippen LogP contribution >= 0.6 is 11.3 Å². The van der Waals surface area contributed by atoms with Crippen LogP contribution in [-0.2, 0) is 0 Å². The van der Waals surface area contributed by atoms with Crippen LogP contribution in [0.1, 0.15) is 24.6 Å². The molecule has 0 aliphatic rings. The van der Waals surface area contributed by atoms with Crippen LogP contribution in [-0.4, -0.2) is 4.98 Å². The van der Waals surface area contributed by atoms with Crippen molar-refractivity contribution in [3.05, 3.63) is 33.6 Å². The molecule has 0 saturated heterocycles. The summed E-state index contributed by atoms with van der Waals surface area (Å²) in [5.41, 5.74) is 0.0145. The fraction of sp³-hybridized carbons (Fsp3) is 0.300. The van der Waals surface area contributed by atoms with Gasteiger partial charge in [0.05, 0.1) is 5.39 Å². The summed E-state index contributed by atoms with van der Waals surface area (Å²) in [5, 5.41) is 0.816. The van der Waals surface area contributed by atoms with E-state index >= 15 is 0 Å². The molecule has 0 amide bonds. The van der Waals surface area contributed by atoms with Crippen molar-refractivity contribution in [1.82, 2.24) is 4.98 Å². The average molecular weight is 193 g/mol. The molecule has 2 nitrogen and oxygen atoms in total. The molecule has 2 heterocycles. The third-order valence-corrected chi connectivity index (χ3v) is 3.44. The summed E-state index contributed by atoms with van der Waals surface area (Å²) in [5.74, 6) is 0.497. The molecule has 0 aliphatic heterocycles. The molecule has 0 fully saturated rings. The van der Waals surface area contributed by atoms with Gasteiger partial charge in [0.25, 0.3) is 5.56 Å². The zero-order valence-electron chi connectivity index (χ0n) is 7.63. The van der Waals surface area contributed by atoms with Crippen molar-refractivity contribution in [1.29, 1.82) is 0 Å². The number of aromatic amines is 1. The molecule has 0 bridgehead atoms. The second-order valence-electron chi connectivity index (χ2n) is 3.39. The summed E-state index contributed by atoms with van der Waals surface area (Å²) in [7, 11) is 0. The maximum atomic E-state index is 11.4. The van der Waals surface area contributed by atoms with Gasteiger partial charge in [-0.1, -0.05) is 13.8 Å². The maximum Gasteiger partial charge on any atom is 0.256 e. The molecule has 0 spiro atoms. The molecule has 68 valence electrons. The van der Waals surface area contributed by atoms with Gasteiger partial charge >= 0.3 is 0 Å². The zero-order valence-corrected chi connectivity index (χ0v) is 8.44. The Morgan fingerprint density at radius 3 is 2.85 bits per heavy atom. The number of fused-ring (bicyclic) bond motifs is 1. The van der Waals surface area contributed by atoms with E-state index in [2.05, 4.69) is 18.8 Å². The maximum absolute atomic E-state index is 11.4. The van der Waals surface area contributed by atoms with E-state index in [1.807, 2.05) is 12.1 Å². The van der Waals surface area contributed by atoms with E-state index in [1.165, 1.54) is 4.88 Å². The third-order valence-electron chi connectivity index (χ3n) is 2.04. The van der Waals surface area contributed by atoms with E-state index in [-0.39, 0.29) is 5.56 Å². The van der Waals surface area contributed by atoms with Crippen molar-refractivity contribution in [3.8, 4) is 0 Å². The van der Waals surface area contributed by atoms with Gasteiger partial charge in [-0.2, -0.15) is 0 Å². The van der Waals surface area contributed by atoms with Crippen LogP contribution in [0.3, 0.4) is 0 Å². The lowest BCUT2D eigenvalue weighted by molar-refractivity contribution is 0.890. The van der Waals surface area contributed by atoms with Gasteiger partial charge < -0.3 is 4.98 Å². The van der Waals surface area contributed by atoms with Gasteiger partial charge in [-0.05, 0) is 18.1 Å². The Balaban J connectivity index is 2.76. The monoisotopic (exact) mass is 193 g/mol. The summed E-state index contributed by atoms with van der Waals surface area (Å²) >= 11 is 1.70. The Bertz CT molecular complexity index is 481. The van der Waals surface area contributed by atoms with E-state index in [9.17, 15) is 4.79 Å². The van der Waals surface area contributed by atoms with Gasteiger partial charge in [0.1, 0.15) is 0 Å². The molecule has 13 heavy (non-hydrogen) atoms. The van der Waals surface area contributed by atoms with Crippen molar-refractivity contribution >= 4 is 21.4 Å². The minimum atomic E-state index is 0.0145. The number of hydrogen-bond acceptors (Lipinski definition) is 2. The van der Waals surface area contributed by atoms with E-state index in [0.717, 1.165) is 10.1 Å². The Kier molecular flexibility index (Phi) is 1.96. The number of pyridine rings is 1. The number of nitrogens with one attached hydrogen (secondary N) is 1. The third kappa shape index (κ3) is 1.40. The molecule has 1 N–H and O–H groups in total. The van der Waals surface area contributed by atoms with E-state index in [1.54, 1.807) is 17.5 Å². The highest BCUT2D eigenvalue weighted by Crippen LogP contribution is 2.28.